The summed E-state index contributed by atoms with van der Waals surface area (Å²) in [6.45, 7) is 3.35. The maximum Gasteiger partial charge on any atom is 0.161 e. The highest BCUT2D eigenvalue weighted by Crippen LogP contribution is 2.30. The highest BCUT2D eigenvalue weighted by molar-refractivity contribution is 4.89. The molecule has 2 saturated heterocycles. The van der Waals surface area contributed by atoms with Crippen LogP contribution in [0.15, 0.2) is 0 Å². The first-order chi connectivity index (χ1) is 11.3. The van der Waals surface area contributed by atoms with Gasteiger partial charge in [0, 0.05) is 12.8 Å². The van der Waals surface area contributed by atoms with Gasteiger partial charge in [-0.1, -0.05) is 13.8 Å². The Labute approximate surface area is 142 Å². The average Bonchev–Trinajstić information content (AvgIpc) is 2.52. The van der Waals surface area contributed by atoms with E-state index in [1.807, 2.05) is 0 Å². The molecule has 8 atom stereocenters. The van der Waals surface area contributed by atoms with E-state index in [4.69, 9.17) is 14.2 Å². The minimum Gasteiger partial charge on any atom is -0.394 e. The van der Waals surface area contributed by atoms with Crippen molar-refractivity contribution in [2.24, 2.45) is 5.92 Å². The van der Waals surface area contributed by atoms with Crippen molar-refractivity contribution in [2.45, 2.75) is 82.1 Å². The van der Waals surface area contributed by atoms with Crippen molar-refractivity contribution in [3.8, 4) is 0 Å². The van der Waals surface area contributed by atoms with Crippen molar-refractivity contribution in [1.29, 1.82) is 0 Å². The standard InChI is InChI=1S/C16H30O8/c1-8(2)3-9-4-11(20)16(13(7-18)22-9)24-14-5-10(19)15(21)12(6-17)23-14/h8-21H,3-7H2,1-2H3. The molecule has 8 unspecified atom stereocenters. The summed E-state index contributed by atoms with van der Waals surface area (Å²) in [5.41, 5.74) is 0. The van der Waals surface area contributed by atoms with Gasteiger partial charge in [-0.25, -0.2) is 0 Å². The summed E-state index contributed by atoms with van der Waals surface area (Å²) in [5, 5.41) is 48.7. The first kappa shape index (κ1) is 20.0. The lowest BCUT2D eigenvalue weighted by Gasteiger charge is -2.43. The molecule has 2 aliphatic rings. The van der Waals surface area contributed by atoms with Crippen LogP contribution in [0.5, 0.6) is 0 Å². The van der Waals surface area contributed by atoms with E-state index < -0.39 is 49.5 Å². The molecule has 0 aliphatic carbocycles. The van der Waals surface area contributed by atoms with Gasteiger partial charge in [0.1, 0.15) is 24.4 Å². The molecule has 8 heteroatoms. The van der Waals surface area contributed by atoms with Crippen LogP contribution in [-0.2, 0) is 14.2 Å². The summed E-state index contributed by atoms with van der Waals surface area (Å²) >= 11 is 0. The summed E-state index contributed by atoms with van der Waals surface area (Å²) < 4.78 is 17.0. The molecule has 142 valence electrons. The van der Waals surface area contributed by atoms with E-state index in [0.29, 0.717) is 12.3 Å². The Morgan fingerprint density at radius 1 is 0.958 bits per heavy atom. The van der Waals surface area contributed by atoms with Crippen molar-refractivity contribution in [3.05, 3.63) is 0 Å². The van der Waals surface area contributed by atoms with Gasteiger partial charge in [-0.2, -0.15) is 0 Å². The quantitative estimate of drug-likeness (QED) is 0.402. The first-order valence-electron chi connectivity index (χ1n) is 8.58. The predicted octanol–water partition coefficient (Wildman–Crippen LogP) is -1.24. The highest BCUT2D eigenvalue weighted by Gasteiger charge is 2.43. The molecule has 0 saturated carbocycles. The monoisotopic (exact) mass is 350 g/mol. The Hall–Kier alpha value is -0.320. The van der Waals surface area contributed by atoms with Crippen LogP contribution in [0.1, 0.15) is 33.1 Å². The van der Waals surface area contributed by atoms with Gasteiger partial charge in [0.25, 0.3) is 0 Å². The third-order valence-electron chi connectivity index (χ3n) is 4.56. The van der Waals surface area contributed by atoms with Gasteiger partial charge in [0.05, 0.1) is 31.5 Å². The van der Waals surface area contributed by atoms with Crippen LogP contribution in [0.2, 0.25) is 0 Å². The maximum atomic E-state index is 10.4. The third kappa shape index (κ3) is 4.86. The van der Waals surface area contributed by atoms with E-state index in [1.165, 1.54) is 0 Å². The summed E-state index contributed by atoms with van der Waals surface area (Å²) in [5.74, 6) is 0.405. The Balaban J connectivity index is 1.97. The second-order valence-electron chi connectivity index (χ2n) is 7.09. The molecule has 2 fully saturated rings. The van der Waals surface area contributed by atoms with Crippen molar-refractivity contribution in [3.63, 3.8) is 0 Å². The van der Waals surface area contributed by atoms with Crippen molar-refractivity contribution in [2.75, 3.05) is 13.2 Å². The fraction of sp³-hybridized carbons (Fsp3) is 1.00. The van der Waals surface area contributed by atoms with Crippen molar-refractivity contribution >= 4 is 0 Å². The normalized spacial score (nSPS) is 44.0. The second-order valence-corrected chi connectivity index (χ2v) is 7.09. The molecular weight excluding hydrogens is 320 g/mol. The van der Waals surface area contributed by atoms with E-state index >= 15 is 0 Å². The maximum absolute atomic E-state index is 10.4. The highest BCUT2D eigenvalue weighted by atomic mass is 16.7. The van der Waals surface area contributed by atoms with Gasteiger partial charge in [-0.05, 0) is 12.3 Å². The number of hydrogen-bond acceptors (Lipinski definition) is 8. The fourth-order valence-electron chi connectivity index (χ4n) is 3.36. The molecule has 0 aromatic rings. The lowest BCUT2D eigenvalue weighted by Crippen LogP contribution is -2.56. The van der Waals surface area contributed by atoms with E-state index in [9.17, 15) is 25.5 Å². The Kier molecular flexibility index (Phi) is 7.39. The average molecular weight is 350 g/mol. The summed E-state index contributed by atoms with van der Waals surface area (Å²) in [6.07, 6.45) is -5.45. The Morgan fingerprint density at radius 2 is 1.62 bits per heavy atom. The molecule has 0 aromatic carbocycles. The Morgan fingerprint density at radius 3 is 2.21 bits per heavy atom. The molecule has 24 heavy (non-hydrogen) atoms. The van der Waals surface area contributed by atoms with Crippen LogP contribution < -0.4 is 0 Å². The van der Waals surface area contributed by atoms with E-state index in [0.717, 1.165) is 6.42 Å². The zero-order valence-electron chi connectivity index (χ0n) is 14.2. The molecule has 0 bridgehead atoms. The summed E-state index contributed by atoms with van der Waals surface area (Å²) in [7, 11) is 0. The molecule has 0 radical (unpaired) electrons. The third-order valence-corrected chi connectivity index (χ3v) is 4.56. The van der Waals surface area contributed by atoms with Gasteiger partial charge in [0.2, 0.25) is 0 Å². The SMILES string of the molecule is CC(C)CC1CC(O)C(OC2CC(O)C(O)C(CO)O2)C(CO)O1. The van der Waals surface area contributed by atoms with Crippen molar-refractivity contribution in [1.82, 2.24) is 0 Å². The van der Waals surface area contributed by atoms with Crippen LogP contribution in [-0.4, -0.2) is 87.8 Å². The van der Waals surface area contributed by atoms with Gasteiger partial charge in [-0.15, -0.1) is 0 Å². The van der Waals surface area contributed by atoms with Gasteiger partial charge in [0.15, 0.2) is 6.29 Å². The van der Waals surface area contributed by atoms with Gasteiger partial charge >= 0.3 is 0 Å². The Bertz CT molecular complexity index is 379. The van der Waals surface area contributed by atoms with Crippen LogP contribution in [0.4, 0.5) is 0 Å². The molecule has 5 N–H and O–H groups in total. The number of ether oxygens (including phenoxy) is 3. The number of rotatable bonds is 6. The van der Waals surface area contributed by atoms with Crippen LogP contribution in [0, 0.1) is 5.92 Å². The van der Waals surface area contributed by atoms with Gasteiger partial charge < -0.3 is 39.7 Å². The summed E-state index contributed by atoms with van der Waals surface area (Å²) in [4.78, 5) is 0. The number of aliphatic hydroxyl groups excluding tert-OH is 5. The van der Waals surface area contributed by atoms with Gasteiger partial charge in [-0.3, -0.25) is 0 Å². The largest absolute Gasteiger partial charge is 0.394 e. The van der Waals surface area contributed by atoms with E-state index in [2.05, 4.69) is 13.8 Å². The molecule has 0 spiro atoms. The van der Waals surface area contributed by atoms with E-state index in [1.54, 1.807) is 0 Å². The molecule has 0 amide bonds. The zero-order chi connectivity index (χ0) is 17.9. The molecule has 2 rings (SSSR count). The molecule has 2 heterocycles. The molecule has 8 nitrogen and oxygen atoms in total. The second kappa shape index (κ2) is 8.86. The zero-order valence-corrected chi connectivity index (χ0v) is 14.2. The minimum atomic E-state index is -1.19. The number of hydrogen-bond donors (Lipinski definition) is 5. The van der Waals surface area contributed by atoms with Crippen LogP contribution >= 0.6 is 0 Å². The first-order valence-corrected chi connectivity index (χ1v) is 8.58. The number of aliphatic hydroxyl groups is 5. The summed E-state index contributed by atoms with van der Waals surface area (Å²) in [6, 6.07) is 0. The van der Waals surface area contributed by atoms with Crippen molar-refractivity contribution < 1.29 is 39.7 Å². The molecule has 2 aliphatic heterocycles. The van der Waals surface area contributed by atoms with Crippen LogP contribution in [0.25, 0.3) is 0 Å². The van der Waals surface area contributed by atoms with E-state index in [-0.39, 0.29) is 19.1 Å². The topological polar surface area (TPSA) is 129 Å². The molecule has 0 aromatic heterocycles. The fourth-order valence-corrected chi connectivity index (χ4v) is 3.36. The minimum absolute atomic E-state index is 0.00839. The lowest BCUT2D eigenvalue weighted by atomic mass is 9.93. The van der Waals surface area contributed by atoms with Crippen LogP contribution in [0.3, 0.4) is 0 Å². The smallest absolute Gasteiger partial charge is 0.161 e. The lowest BCUT2D eigenvalue weighted by molar-refractivity contribution is -0.303. The predicted molar refractivity (Wildman–Crippen MR) is 83.1 cm³/mol. The molecular formula is C16H30O8.